The lowest BCUT2D eigenvalue weighted by molar-refractivity contribution is -0.138. The number of likely N-dealkylation sites (tertiary alicyclic amines) is 1. The Balaban J connectivity index is 1.53. The second-order valence-electron chi connectivity index (χ2n) is 7.37. The van der Waals surface area contributed by atoms with Crippen molar-refractivity contribution in [2.45, 2.75) is 44.9 Å². The zero-order valence-corrected chi connectivity index (χ0v) is 15.4. The highest BCUT2D eigenvalue weighted by molar-refractivity contribution is 5.82. The van der Waals surface area contributed by atoms with Gasteiger partial charge in [0.1, 0.15) is 0 Å². The molecule has 3 rings (SSSR count). The first-order valence-electron chi connectivity index (χ1n) is 9.58. The molecule has 1 amide bonds. The van der Waals surface area contributed by atoms with Crippen LogP contribution < -0.4 is 0 Å². The number of amides is 1. The molecule has 138 valence electrons. The molecule has 0 saturated carbocycles. The molecule has 2 aliphatic rings. The van der Waals surface area contributed by atoms with Gasteiger partial charge >= 0.3 is 0 Å². The molecule has 0 unspecified atom stereocenters. The maximum Gasteiger partial charge on any atom is 0.240 e. The second kappa shape index (κ2) is 8.79. The predicted molar refractivity (Wildman–Crippen MR) is 99.1 cm³/mol. The lowest BCUT2D eigenvalue weighted by Crippen LogP contribution is -2.54. The number of hydrogen-bond donors (Lipinski definition) is 1. The minimum absolute atomic E-state index is 0.0733. The van der Waals surface area contributed by atoms with Crippen LogP contribution in [0.25, 0.3) is 0 Å². The third kappa shape index (κ3) is 4.60. The number of benzene rings is 1. The first kappa shape index (κ1) is 18.4. The lowest BCUT2D eigenvalue weighted by atomic mass is 10.1. The summed E-state index contributed by atoms with van der Waals surface area (Å²) in [5, 5.41) is 9.48. The van der Waals surface area contributed by atoms with Crippen molar-refractivity contribution < 1.29 is 9.90 Å². The molecule has 2 aliphatic heterocycles. The van der Waals surface area contributed by atoms with E-state index in [1.165, 1.54) is 24.8 Å². The van der Waals surface area contributed by atoms with E-state index < -0.39 is 0 Å². The Bertz CT molecular complexity index is 570. The van der Waals surface area contributed by atoms with Crippen molar-refractivity contribution in [1.29, 1.82) is 0 Å². The lowest BCUT2D eigenvalue weighted by Gasteiger charge is -2.38. The van der Waals surface area contributed by atoms with E-state index >= 15 is 0 Å². The van der Waals surface area contributed by atoms with E-state index in [0.717, 1.165) is 51.3 Å². The number of piperazine rings is 1. The molecular formula is C20H31N3O2. The van der Waals surface area contributed by atoms with Crippen molar-refractivity contribution in [3.05, 3.63) is 35.4 Å². The summed E-state index contributed by atoms with van der Waals surface area (Å²) in [6.45, 7) is 5.40. The van der Waals surface area contributed by atoms with Crippen molar-refractivity contribution in [1.82, 2.24) is 14.7 Å². The minimum Gasteiger partial charge on any atom is -0.392 e. The van der Waals surface area contributed by atoms with Crippen molar-refractivity contribution >= 4 is 5.91 Å². The molecule has 0 bridgehead atoms. The van der Waals surface area contributed by atoms with E-state index in [1.807, 2.05) is 18.2 Å². The monoisotopic (exact) mass is 345 g/mol. The number of carbonyl (C=O) groups excluding carboxylic acids is 1. The molecule has 0 aliphatic carbocycles. The molecule has 2 heterocycles. The highest BCUT2D eigenvalue weighted by Gasteiger charge is 2.30. The van der Waals surface area contributed by atoms with Gasteiger partial charge in [-0.25, -0.2) is 0 Å². The maximum absolute atomic E-state index is 12.9. The summed E-state index contributed by atoms with van der Waals surface area (Å²) in [5.41, 5.74) is 2.19. The largest absolute Gasteiger partial charge is 0.392 e. The molecule has 2 fully saturated rings. The van der Waals surface area contributed by atoms with Crippen LogP contribution in [0.1, 0.15) is 36.8 Å². The standard InChI is InChI=1S/C20H31N3O2/c1-21-10-6-2-3-9-19(21)20(25)23-13-11-22(12-14-23)15-17-7-4-5-8-18(17)16-24/h4-5,7-8,19,24H,2-3,6,9-16H2,1H3/t19-/m0/s1. The minimum atomic E-state index is 0.0733. The van der Waals surface area contributed by atoms with Crippen LogP contribution in [0.15, 0.2) is 24.3 Å². The molecule has 0 spiro atoms. The Morgan fingerprint density at radius 2 is 1.76 bits per heavy atom. The van der Waals surface area contributed by atoms with Gasteiger partial charge in [-0.2, -0.15) is 0 Å². The summed E-state index contributed by atoms with van der Waals surface area (Å²) in [4.78, 5) is 19.6. The number of rotatable bonds is 4. The van der Waals surface area contributed by atoms with Gasteiger partial charge in [0.05, 0.1) is 12.6 Å². The highest BCUT2D eigenvalue weighted by Crippen LogP contribution is 2.19. The molecule has 0 radical (unpaired) electrons. The molecule has 5 nitrogen and oxygen atoms in total. The predicted octanol–water partition coefficient (Wildman–Crippen LogP) is 1.70. The van der Waals surface area contributed by atoms with Crippen LogP contribution in [-0.4, -0.2) is 71.5 Å². The summed E-state index contributed by atoms with van der Waals surface area (Å²) >= 11 is 0. The first-order chi connectivity index (χ1) is 12.2. The average molecular weight is 345 g/mol. The van der Waals surface area contributed by atoms with Crippen molar-refractivity contribution in [3.8, 4) is 0 Å². The summed E-state index contributed by atoms with van der Waals surface area (Å²) < 4.78 is 0. The van der Waals surface area contributed by atoms with Crippen LogP contribution in [0.5, 0.6) is 0 Å². The van der Waals surface area contributed by atoms with Gasteiger partial charge in [0.15, 0.2) is 0 Å². The SMILES string of the molecule is CN1CCCCC[C@H]1C(=O)N1CCN(Cc2ccccc2CO)CC1. The Hall–Kier alpha value is -1.43. The normalized spacial score (nSPS) is 23.4. The molecular weight excluding hydrogens is 314 g/mol. The number of carbonyl (C=O) groups is 1. The van der Waals surface area contributed by atoms with Crippen molar-refractivity contribution in [2.24, 2.45) is 0 Å². The van der Waals surface area contributed by atoms with E-state index in [9.17, 15) is 9.90 Å². The highest BCUT2D eigenvalue weighted by atomic mass is 16.3. The van der Waals surface area contributed by atoms with Crippen LogP contribution >= 0.6 is 0 Å². The fraction of sp³-hybridized carbons (Fsp3) is 0.650. The van der Waals surface area contributed by atoms with Crippen LogP contribution in [0.4, 0.5) is 0 Å². The van der Waals surface area contributed by atoms with Gasteiger partial charge in [-0.15, -0.1) is 0 Å². The zero-order valence-electron chi connectivity index (χ0n) is 15.4. The topological polar surface area (TPSA) is 47.0 Å². The van der Waals surface area contributed by atoms with E-state index in [4.69, 9.17) is 0 Å². The van der Waals surface area contributed by atoms with Crippen LogP contribution in [0.2, 0.25) is 0 Å². The molecule has 1 aromatic rings. The van der Waals surface area contributed by atoms with E-state index in [2.05, 4.69) is 27.8 Å². The Morgan fingerprint density at radius 3 is 2.48 bits per heavy atom. The molecule has 1 aromatic carbocycles. The van der Waals surface area contributed by atoms with Crippen LogP contribution in [0, 0.1) is 0 Å². The van der Waals surface area contributed by atoms with Gasteiger partial charge in [-0.05, 0) is 37.6 Å². The van der Waals surface area contributed by atoms with E-state index in [1.54, 1.807) is 0 Å². The van der Waals surface area contributed by atoms with Gasteiger partial charge < -0.3 is 10.0 Å². The summed E-state index contributed by atoms with van der Waals surface area (Å²) in [6, 6.07) is 8.13. The van der Waals surface area contributed by atoms with E-state index in [0.29, 0.717) is 5.91 Å². The Kier molecular flexibility index (Phi) is 6.45. The molecule has 1 atom stereocenters. The average Bonchev–Trinajstić information content (AvgIpc) is 2.86. The number of hydrogen-bond acceptors (Lipinski definition) is 4. The first-order valence-corrected chi connectivity index (χ1v) is 9.58. The van der Waals surface area contributed by atoms with Crippen molar-refractivity contribution in [3.63, 3.8) is 0 Å². The second-order valence-corrected chi connectivity index (χ2v) is 7.37. The van der Waals surface area contributed by atoms with Gasteiger partial charge in [0.2, 0.25) is 5.91 Å². The van der Waals surface area contributed by atoms with E-state index in [-0.39, 0.29) is 12.6 Å². The van der Waals surface area contributed by atoms with Crippen molar-refractivity contribution in [2.75, 3.05) is 39.8 Å². The Labute approximate surface area is 151 Å². The number of nitrogens with zero attached hydrogens (tertiary/aromatic N) is 3. The smallest absolute Gasteiger partial charge is 0.240 e. The fourth-order valence-corrected chi connectivity index (χ4v) is 4.01. The molecule has 0 aromatic heterocycles. The molecule has 5 heteroatoms. The van der Waals surface area contributed by atoms with Crippen LogP contribution in [-0.2, 0) is 17.9 Å². The number of likely N-dealkylation sites (N-methyl/N-ethyl adjacent to an activating group) is 1. The van der Waals surface area contributed by atoms with Gasteiger partial charge in [-0.1, -0.05) is 37.1 Å². The van der Waals surface area contributed by atoms with Crippen LogP contribution in [0.3, 0.4) is 0 Å². The molecule has 1 N–H and O–H groups in total. The maximum atomic E-state index is 12.9. The molecule has 25 heavy (non-hydrogen) atoms. The van der Waals surface area contributed by atoms with Gasteiger partial charge in [0, 0.05) is 32.7 Å². The fourth-order valence-electron chi connectivity index (χ4n) is 4.01. The number of aliphatic hydroxyl groups excluding tert-OH is 1. The third-order valence-corrected chi connectivity index (χ3v) is 5.67. The third-order valence-electron chi connectivity index (χ3n) is 5.67. The van der Waals surface area contributed by atoms with Gasteiger partial charge in [0.25, 0.3) is 0 Å². The molecule has 2 saturated heterocycles. The summed E-state index contributed by atoms with van der Waals surface area (Å²) in [5.74, 6) is 0.319. The zero-order chi connectivity index (χ0) is 17.6. The number of aliphatic hydroxyl groups is 1. The Morgan fingerprint density at radius 1 is 1.04 bits per heavy atom. The quantitative estimate of drug-likeness (QED) is 0.902. The summed E-state index contributed by atoms with van der Waals surface area (Å²) in [6.07, 6.45) is 4.61. The van der Waals surface area contributed by atoms with Gasteiger partial charge in [-0.3, -0.25) is 14.6 Å². The summed E-state index contributed by atoms with van der Waals surface area (Å²) in [7, 11) is 2.09.